The van der Waals surface area contributed by atoms with Crippen LogP contribution in [0.2, 0.25) is 0 Å². The number of rotatable bonds is 11. The number of alkyl carbamates (subject to hydrolysis) is 1. The Morgan fingerprint density at radius 2 is 1.74 bits per heavy atom. The third kappa shape index (κ3) is 9.14. The highest BCUT2D eigenvalue weighted by Crippen LogP contribution is 2.25. The monoisotopic (exact) mass is 524 g/mol. The second-order valence-electron chi connectivity index (χ2n) is 11.3. The predicted molar refractivity (Wildman–Crippen MR) is 148 cm³/mol. The Labute approximate surface area is 225 Å². The van der Waals surface area contributed by atoms with Crippen LogP contribution in [0, 0.1) is 11.7 Å². The number of ether oxygens (including phenoxy) is 2. The summed E-state index contributed by atoms with van der Waals surface area (Å²) < 4.78 is 30.4. The summed E-state index contributed by atoms with van der Waals surface area (Å²) in [4.78, 5) is 12.0. The Bertz CT molecular complexity index is 1160. The molecule has 38 heavy (non-hydrogen) atoms. The maximum absolute atomic E-state index is 13.1. The first-order chi connectivity index (χ1) is 18.2. The van der Waals surface area contributed by atoms with Gasteiger partial charge in [-0.15, -0.1) is 0 Å². The molecule has 7 heteroatoms. The lowest BCUT2D eigenvalue weighted by molar-refractivity contribution is 0.0464. The molecule has 206 valence electrons. The van der Waals surface area contributed by atoms with Gasteiger partial charge in [0.05, 0.1) is 6.61 Å². The molecule has 0 bridgehead atoms. The first kappa shape index (κ1) is 28.1. The summed E-state index contributed by atoms with van der Waals surface area (Å²) in [6.45, 7) is 8.61. The zero-order valence-electron chi connectivity index (χ0n) is 22.9. The highest BCUT2D eigenvalue weighted by atomic mass is 19.1. The third-order valence-corrected chi connectivity index (χ3v) is 6.88. The number of amides is 1. The minimum atomic E-state index is -0.467. The fraction of sp³-hybridized carbons (Fsp3) is 0.516. The van der Waals surface area contributed by atoms with Crippen molar-refractivity contribution in [3.63, 3.8) is 0 Å². The first-order valence-corrected chi connectivity index (χ1v) is 13.8. The normalized spacial score (nSPS) is 18.0. The van der Waals surface area contributed by atoms with Gasteiger partial charge >= 0.3 is 6.09 Å². The Morgan fingerprint density at radius 1 is 1.00 bits per heavy atom. The lowest BCUT2D eigenvalue weighted by atomic mass is 9.86. The van der Waals surface area contributed by atoms with E-state index in [9.17, 15) is 9.18 Å². The summed E-state index contributed by atoms with van der Waals surface area (Å²) in [7, 11) is 0. The standard InChI is InChI=1S/C31H41FN2O4/c1-31(2,3)38-30(35)34-27-13-7-23(8-14-27)21-36-17-16-33-20-24-4-10-25-19-28(37-29(25)18-24)15-9-22-5-11-26(32)12-6-22/h4-6,10-12,18-19,23,27,33H,7-9,13-17,20-21H2,1-3H3,(H,34,35). The van der Waals surface area contributed by atoms with Gasteiger partial charge in [-0.05, 0) is 94.2 Å². The van der Waals surface area contributed by atoms with Gasteiger partial charge in [0.1, 0.15) is 22.8 Å². The van der Waals surface area contributed by atoms with Gasteiger partial charge < -0.3 is 24.5 Å². The Balaban J connectivity index is 1.09. The van der Waals surface area contributed by atoms with Crippen LogP contribution in [0.3, 0.4) is 0 Å². The summed E-state index contributed by atoms with van der Waals surface area (Å²) in [5.74, 6) is 1.28. The van der Waals surface area contributed by atoms with Gasteiger partial charge in [-0.3, -0.25) is 0 Å². The van der Waals surface area contributed by atoms with Crippen LogP contribution in [0.4, 0.5) is 9.18 Å². The highest BCUT2D eigenvalue weighted by molar-refractivity contribution is 5.78. The molecule has 1 heterocycles. The molecule has 0 unspecified atom stereocenters. The molecule has 2 N–H and O–H groups in total. The number of fused-ring (bicyclic) bond motifs is 1. The molecule has 2 aromatic carbocycles. The lowest BCUT2D eigenvalue weighted by Crippen LogP contribution is -2.41. The highest BCUT2D eigenvalue weighted by Gasteiger charge is 2.24. The van der Waals surface area contributed by atoms with Crippen molar-refractivity contribution in [3.8, 4) is 0 Å². The molecule has 0 saturated heterocycles. The summed E-state index contributed by atoms with van der Waals surface area (Å²) in [6.07, 6.45) is 5.33. The summed E-state index contributed by atoms with van der Waals surface area (Å²) >= 11 is 0. The molecule has 0 radical (unpaired) electrons. The van der Waals surface area contributed by atoms with E-state index in [2.05, 4.69) is 34.9 Å². The SMILES string of the molecule is CC(C)(C)OC(=O)NC1CCC(COCCNCc2ccc3cc(CCc4ccc(F)cc4)oc3c2)CC1. The van der Waals surface area contributed by atoms with E-state index in [4.69, 9.17) is 13.9 Å². The van der Waals surface area contributed by atoms with Crippen LogP contribution in [-0.4, -0.2) is 37.5 Å². The van der Waals surface area contributed by atoms with Crippen molar-refractivity contribution in [2.45, 2.75) is 77.5 Å². The van der Waals surface area contributed by atoms with Gasteiger partial charge in [0.2, 0.25) is 0 Å². The fourth-order valence-electron chi connectivity index (χ4n) is 4.86. The minimum absolute atomic E-state index is 0.195. The quantitative estimate of drug-likeness (QED) is 0.279. The van der Waals surface area contributed by atoms with E-state index in [1.54, 1.807) is 0 Å². The molecule has 4 rings (SSSR count). The number of aryl methyl sites for hydroxylation is 2. The number of benzene rings is 2. The van der Waals surface area contributed by atoms with E-state index in [1.807, 2.05) is 32.9 Å². The second kappa shape index (κ2) is 13.3. The Kier molecular flexibility index (Phi) is 9.80. The molecule has 1 aromatic heterocycles. The molecule has 6 nitrogen and oxygen atoms in total. The van der Waals surface area contributed by atoms with Crippen molar-refractivity contribution in [1.82, 2.24) is 10.6 Å². The second-order valence-corrected chi connectivity index (χ2v) is 11.3. The van der Waals surface area contributed by atoms with Crippen LogP contribution in [0.5, 0.6) is 0 Å². The summed E-state index contributed by atoms with van der Waals surface area (Å²) in [5.41, 5.74) is 2.70. The van der Waals surface area contributed by atoms with Crippen molar-refractivity contribution in [2.75, 3.05) is 19.8 Å². The Morgan fingerprint density at radius 3 is 2.47 bits per heavy atom. The van der Waals surface area contributed by atoms with Gasteiger partial charge in [0, 0.05) is 37.5 Å². The summed E-state index contributed by atoms with van der Waals surface area (Å²) in [6, 6.07) is 15.2. The van der Waals surface area contributed by atoms with Crippen LogP contribution in [0.15, 0.2) is 52.9 Å². The van der Waals surface area contributed by atoms with Crippen molar-refractivity contribution in [1.29, 1.82) is 0 Å². The van der Waals surface area contributed by atoms with E-state index < -0.39 is 5.60 Å². The number of halogens is 1. The number of furan rings is 1. The van der Waals surface area contributed by atoms with E-state index in [1.165, 1.54) is 17.7 Å². The molecule has 1 saturated carbocycles. The molecule has 1 aliphatic rings. The van der Waals surface area contributed by atoms with E-state index >= 15 is 0 Å². The largest absolute Gasteiger partial charge is 0.461 e. The number of hydrogen-bond donors (Lipinski definition) is 2. The van der Waals surface area contributed by atoms with Crippen LogP contribution in [-0.2, 0) is 28.9 Å². The molecular formula is C31H41FN2O4. The van der Waals surface area contributed by atoms with E-state index in [0.29, 0.717) is 12.5 Å². The predicted octanol–water partition coefficient (Wildman–Crippen LogP) is 6.55. The smallest absolute Gasteiger partial charge is 0.407 e. The van der Waals surface area contributed by atoms with Gasteiger partial charge in [0.15, 0.2) is 0 Å². The van der Waals surface area contributed by atoms with Crippen molar-refractivity contribution >= 4 is 17.1 Å². The zero-order chi connectivity index (χ0) is 27.0. The fourth-order valence-corrected chi connectivity index (χ4v) is 4.86. The molecule has 1 amide bonds. The van der Waals surface area contributed by atoms with Crippen molar-refractivity contribution in [3.05, 3.63) is 71.2 Å². The van der Waals surface area contributed by atoms with Gasteiger partial charge in [-0.25, -0.2) is 9.18 Å². The third-order valence-electron chi connectivity index (χ3n) is 6.88. The van der Waals surface area contributed by atoms with Crippen LogP contribution in [0.1, 0.15) is 63.3 Å². The first-order valence-electron chi connectivity index (χ1n) is 13.8. The lowest BCUT2D eigenvalue weighted by Gasteiger charge is -2.30. The summed E-state index contributed by atoms with van der Waals surface area (Å²) in [5, 5.41) is 7.54. The maximum Gasteiger partial charge on any atom is 0.407 e. The number of hydrogen-bond acceptors (Lipinski definition) is 5. The minimum Gasteiger partial charge on any atom is -0.461 e. The van der Waals surface area contributed by atoms with Gasteiger partial charge in [-0.2, -0.15) is 0 Å². The van der Waals surface area contributed by atoms with E-state index in [-0.39, 0.29) is 18.0 Å². The average Bonchev–Trinajstić information content (AvgIpc) is 3.28. The maximum atomic E-state index is 13.1. The van der Waals surface area contributed by atoms with Crippen LogP contribution >= 0.6 is 0 Å². The molecule has 1 fully saturated rings. The molecule has 0 aliphatic heterocycles. The van der Waals surface area contributed by atoms with Crippen LogP contribution < -0.4 is 10.6 Å². The molecule has 0 spiro atoms. The number of carbonyl (C=O) groups excluding carboxylic acids is 1. The van der Waals surface area contributed by atoms with E-state index in [0.717, 1.165) is 80.5 Å². The van der Waals surface area contributed by atoms with Gasteiger partial charge in [-0.1, -0.05) is 24.3 Å². The van der Waals surface area contributed by atoms with Crippen molar-refractivity contribution < 1.29 is 23.1 Å². The number of nitrogens with one attached hydrogen (secondary N) is 2. The molecule has 0 atom stereocenters. The number of carbonyl (C=O) groups is 1. The molecule has 3 aromatic rings. The Hall–Kier alpha value is -2.90. The van der Waals surface area contributed by atoms with Crippen LogP contribution in [0.25, 0.3) is 11.0 Å². The van der Waals surface area contributed by atoms with Crippen molar-refractivity contribution in [2.24, 2.45) is 5.92 Å². The average molecular weight is 525 g/mol. The van der Waals surface area contributed by atoms with Gasteiger partial charge in [0.25, 0.3) is 0 Å². The molecular weight excluding hydrogens is 483 g/mol. The zero-order valence-corrected chi connectivity index (χ0v) is 22.9. The topological polar surface area (TPSA) is 72.7 Å². The molecule has 1 aliphatic carbocycles.